The molecule has 0 radical (unpaired) electrons. The third-order valence-electron chi connectivity index (χ3n) is 4.05. The highest BCUT2D eigenvalue weighted by molar-refractivity contribution is 6.19. The molecule has 2 rings (SSSR count). The van der Waals surface area contributed by atoms with E-state index in [1.807, 2.05) is 50.2 Å². The molecule has 1 aliphatic heterocycles. The number of carbonyl (C=O) groups excluding carboxylic acids is 3. The van der Waals surface area contributed by atoms with Crippen molar-refractivity contribution in [1.82, 2.24) is 10.6 Å². The van der Waals surface area contributed by atoms with Gasteiger partial charge in [-0.1, -0.05) is 63.6 Å². The molecule has 5 heteroatoms. The first-order valence-electron chi connectivity index (χ1n) is 7.65. The van der Waals surface area contributed by atoms with Gasteiger partial charge in [0.25, 0.3) is 0 Å². The lowest BCUT2D eigenvalue weighted by Crippen LogP contribution is -2.64. The van der Waals surface area contributed by atoms with Gasteiger partial charge in [-0.15, -0.1) is 0 Å². The first-order chi connectivity index (χ1) is 10.5. The summed E-state index contributed by atoms with van der Waals surface area (Å²) in [5.41, 5.74) is -1.09. The van der Waals surface area contributed by atoms with E-state index in [2.05, 4.69) is 10.6 Å². The molecule has 2 N–H and O–H groups in total. The van der Waals surface area contributed by atoms with Gasteiger partial charge in [0.1, 0.15) is 5.41 Å². The van der Waals surface area contributed by atoms with Crippen molar-refractivity contribution in [2.24, 2.45) is 11.3 Å². The van der Waals surface area contributed by atoms with Gasteiger partial charge in [-0.05, 0) is 18.8 Å². The normalized spacial score (nSPS) is 17.7. The third kappa shape index (κ3) is 3.93. The van der Waals surface area contributed by atoms with E-state index in [9.17, 15) is 14.4 Å². The number of barbiturate groups is 1. The molecule has 0 aliphatic carbocycles. The summed E-state index contributed by atoms with van der Waals surface area (Å²) in [5, 5.41) is 4.36. The van der Waals surface area contributed by atoms with Crippen molar-refractivity contribution in [3.05, 3.63) is 36.4 Å². The smallest absolute Gasteiger partial charge is 0.277 e. The Morgan fingerprint density at radius 3 is 1.64 bits per heavy atom. The van der Waals surface area contributed by atoms with Gasteiger partial charge in [-0.25, -0.2) is 4.79 Å². The molecule has 22 heavy (non-hydrogen) atoms. The lowest BCUT2D eigenvalue weighted by Gasteiger charge is -2.37. The fourth-order valence-electron chi connectivity index (χ4n) is 2.75. The Kier molecular flexibility index (Phi) is 6.76. The molecular weight excluding hydrogens is 280 g/mol. The van der Waals surface area contributed by atoms with Crippen LogP contribution in [0.1, 0.15) is 40.0 Å². The van der Waals surface area contributed by atoms with Gasteiger partial charge < -0.3 is 0 Å². The van der Waals surface area contributed by atoms with Crippen LogP contribution in [0.2, 0.25) is 0 Å². The zero-order valence-corrected chi connectivity index (χ0v) is 13.4. The van der Waals surface area contributed by atoms with Crippen molar-refractivity contribution >= 4 is 17.8 Å². The van der Waals surface area contributed by atoms with E-state index in [-0.39, 0.29) is 5.92 Å². The van der Waals surface area contributed by atoms with Gasteiger partial charge in [0.05, 0.1) is 0 Å². The Hall–Kier alpha value is -2.17. The van der Waals surface area contributed by atoms with Crippen LogP contribution < -0.4 is 10.6 Å². The lowest BCUT2D eigenvalue weighted by molar-refractivity contribution is -0.148. The van der Waals surface area contributed by atoms with Gasteiger partial charge in [0, 0.05) is 0 Å². The molecular formula is C17H24N2O3. The van der Waals surface area contributed by atoms with Crippen LogP contribution >= 0.6 is 0 Å². The van der Waals surface area contributed by atoms with Crippen LogP contribution in [0.5, 0.6) is 0 Å². The number of amides is 4. The maximum absolute atomic E-state index is 11.9. The number of rotatable bonds is 4. The van der Waals surface area contributed by atoms with Crippen LogP contribution in [-0.2, 0) is 9.59 Å². The molecule has 1 saturated heterocycles. The molecule has 120 valence electrons. The number of urea groups is 1. The van der Waals surface area contributed by atoms with Gasteiger partial charge in [0.2, 0.25) is 11.8 Å². The molecule has 1 unspecified atom stereocenters. The van der Waals surface area contributed by atoms with Crippen molar-refractivity contribution in [2.45, 2.75) is 40.0 Å². The molecule has 1 atom stereocenters. The van der Waals surface area contributed by atoms with E-state index >= 15 is 0 Å². The summed E-state index contributed by atoms with van der Waals surface area (Å²) < 4.78 is 0. The number of nitrogens with one attached hydrogen (secondary N) is 2. The minimum absolute atomic E-state index is 0.0735. The third-order valence-corrected chi connectivity index (χ3v) is 4.05. The topological polar surface area (TPSA) is 75.3 Å². The van der Waals surface area contributed by atoms with Gasteiger partial charge in [-0.3, -0.25) is 20.2 Å². The van der Waals surface area contributed by atoms with Crippen molar-refractivity contribution in [3.63, 3.8) is 0 Å². The molecule has 0 spiro atoms. The highest BCUT2D eigenvalue weighted by atomic mass is 16.2. The Labute approximate surface area is 131 Å². The van der Waals surface area contributed by atoms with Crippen LogP contribution in [0.15, 0.2) is 36.4 Å². The number of benzene rings is 1. The van der Waals surface area contributed by atoms with E-state index in [0.717, 1.165) is 12.8 Å². The first-order valence-corrected chi connectivity index (χ1v) is 7.65. The summed E-state index contributed by atoms with van der Waals surface area (Å²) in [4.78, 5) is 34.8. The summed E-state index contributed by atoms with van der Waals surface area (Å²) in [6.45, 7) is 5.67. The minimum atomic E-state index is -1.09. The van der Waals surface area contributed by atoms with Gasteiger partial charge >= 0.3 is 6.03 Å². The Bertz CT molecular complexity index is 467. The van der Waals surface area contributed by atoms with E-state index in [1.165, 1.54) is 0 Å². The Morgan fingerprint density at radius 2 is 1.32 bits per heavy atom. The van der Waals surface area contributed by atoms with E-state index in [4.69, 9.17) is 0 Å². The standard InChI is InChI=1S/C11H18N2O3.C6H6/c1-4-6-7(3)11(5-2)8(14)12-10(16)13-9(11)15;1-2-4-6-5-3-1/h7H,4-6H2,1-3H3,(H2,12,13,14,15,16);1-6H. The lowest BCUT2D eigenvalue weighted by atomic mass is 9.70. The highest BCUT2D eigenvalue weighted by Gasteiger charge is 2.52. The fraction of sp³-hybridized carbons (Fsp3) is 0.471. The summed E-state index contributed by atoms with van der Waals surface area (Å²) >= 11 is 0. The van der Waals surface area contributed by atoms with Crippen LogP contribution in [0.25, 0.3) is 0 Å². The van der Waals surface area contributed by atoms with Crippen molar-refractivity contribution in [2.75, 3.05) is 0 Å². The number of hydrogen-bond donors (Lipinski definition) is 2. The molecule has 0 aromatic heterocycles. The van der Waals surface area contributed by atoms with E-state index < -0.39 is 23.3 Å². The quantitative estimate of drug-likeness (QED) is 0.840. The molecule has 5 nitrogen and oxygen atoms in total. The molecule has 4 amide bonds. The summed E-state index contributed by atoms with van der Waals surface area (Å²) in [7, 11) is 0. The predicted octanol–water partition coefficient (Wildman–Crippen LogP) is 2.87. The molecule has 0 saturated carbocycles. The molecule has 1 fully saturated rings. The van der Waals surface area contributed by atoms with Crippen LogP contribution in [0.3, 0.4) is 0 Å². The van der Waals surface area contributed by atoms with Crippen LogP contribution in [-0.4, -0.2) is 17.8 Å². The average Bonchev–Trinajstić information content (AvgIpc) is 2.50. The van der Waals surface area contributed by atoms with Crippen LogP contribution in [0, 0.1) is 11.3 Å². The van der Waals surface area contributed by atoms with E-state index in [1.54, 1.807) is 6.92 Å². The second-order valence-electron chi connectivity index (χ2n) is 5.41. The van der Waals surface area contributed by atoms with E-state index in [0.29, 0.717) is 6.42 Å². The van der Waals surface area contributed by atoms with Crippen molar-refractivity contribution in [1.29, 1.82) is 0 Å². The molecule has 1 aliphatic rings. The number of imide groups is 2. The number of carbonyl (C=O) groups is 3. The second-order valence-corrected chi connectivity index (χ2v) is 5.41. The number of hydrogen-bond acceptors (Lipinski definition) is 3. The maximum atomic E-state index is 11.9. The fourth-order valence-corrected chi connectivity index (χ4v) is 2.75. The summed E-state index contributed by atoms with van der Waals surface area (Å²) in [6.07, 6.45) is 2.08. The molecule has 1 aromatic rings. The average molecular weight is 304 g/mol. The zero-order chi connectivity index (χ0) is 16.6. The minimum Gasteiger partial charge on any atom is -0.277 e. The zero-order valence-electron chi connectivity index (χ0n) is 13.4. The van der Waals surface area contributed by atoms with Gasteiger partial charge in [-0.2, -0.15) is 0 Å². The highest BCUT2D eigenvalue weighted by Crippen LogP contribution is 2.36. The van der Waals surface area contributed by atoms with Crippen LogP contribution in [0.4, 0.5) is 4.79 Å². The van der Waals surface area contributed by atoms with Crippen molar-refractivity contribution in [3.8, 4) is 0 Å². The Morgan fingerprint density at radius 1 is 0.909 bits per heavy atom. The second kappa shape index (κ2) is 8.32. The molecule has 1 aromatic carbocycles. The predicted molar refractivity (Wildman–Crippen MR) is 84.9 cm³/mol. The summed E-state index contributed by atoms with van der Waals surface area (Å²) in [5.74, 6) is -1.01. The van der Waals surface area contributed by atoms with Gasteiger partial charge in [0.15, 0.2) is 0 Å². The molecule has 1 heterocycles. The summed E-state index contributed by atoms with van der Waals surface area (Å²) in [6, 6.07) is 11.3. The largest absolute Gasteiger partial charge is 0.328 e. The molecule has 0 bridgehead atoms. The monoisotopic (exact) mass is 304 g/mol. The SMILES string of the molecule is CCCC(C)C1(CC)C(=O)NC(=O)NC1=O.c1ccccc1. The Balaban J connectivity index is 0.000000335. The maximum Gasteiger partial charge on any atom is 0.328 e. The van der Waals surface area contributed by atoms with Crippen molar-refractivity contribution < 1.29 is 14.4 Å². The first kappa shape index (κ1) is 17.9.